The Morgan fingerprint density at radius 2 is 2.20 bits per heavy atom. The zero-order valence-electron chi connectivity index (χ0n) is 11.9. The lowest BCUT2D eigenvalue weighted by Crippen LogP contribution is -2.10. The second-order valence-corrected chi connectivity index (χ2v) is 5.17. The first-order valence-electron chi connectivity index (χ1n) is 6.96. The van der Waals surface area contributed by atoms with Crippen LogP contribution in [0.4, 0.5) is 0 Å². The van der Waals surface area contributed by atoms with Gasteiger partial charge in [-0.2, -0.15) is 0 Å². The summed E-state index contributed by atoms with van der Waals surface area (Å²) in [5.41, 5.74) is 3.21. The van der Waals surface area contributed by atoms with E-state index in [0.717, 1.165) is 47.9 Å². The van der Waals surface area contributed by atoms with Crippen molar-refractivity contribution in [1.29, 1.82) is 0 Å². The third kappa shape index (κ3) is 2.51. The van der Waals surface area contributed by atoms with Gasteiger partial charge in [-0.05, 0) is 49.7 Å². The van der Waals surface area contributed by atoms with Gasteiger partial charge in [-0.3, -0.25) is 0 Å². The Labute approximate surface area is 119 Å². The molecule has 3 rings (SSSR count). The molecule has 1 unspecified atom stereocenters. The van der Waals surface area contributed by atoms with Gasteiger partial charge in [-0.15, -0.1) is 0 Å². The fraction of sp³-hybridized carbons (Fsp3) is 0.375. The highest BCUT2D eigenvalue weighted by Crippen LogP contribution is 2.26. The highest BCUT2D eigenvalue weighted by atomic mass is 16.5. The monoisotopic (exact) mass is 269 g/mol. The molecule has 0 spiro atoms. The van der Waals surface area contributed by atoms with Crippen molar-refractivity contribution in [3.63, 3.8) is 0 Å². The Morgan fingerprint density at radius 3 is 2.90 bits per heavy atom. The summed E-state index contributed by atoms with van der Waals surface area (Å²) in [7, 11) is 1.69. The fourth-order valence-corrected chi connectivity index (χ4v) is 2.64. The summed E-state index contributed by atoms with van der Waals surface area (Å²) in [4.78, 5) is 9.16. The fourth-order valence-electron chi connectivity index (χ4n) is 2.64. The Balaban J connectivity index is 1.93. The van der Waals surface area contributed by atoms with Crippen molar-refractivity contribution in [2.45, 2.75) is 19.3 Å². The molecule has 2 heterocycles. The van der Waals surface area contributed by atoms with Crippen molar-refractivity contribution in [3.8, 4) is 17.0 Å². The molecule has 104 valence electrons. The van der Waals surface area contributed by atoms with Crippen molar-refractivity contribution in [1.82, 2.24) is 15.3 Å². The molecule has 1 aliphatic rings. The molecular formula is C16H19N3O. The molecule has 2 aromatic rings. The maximum Gasteiger partial charge on any atom is 0.133 e. The lowest BCUT2D eigenvalue weighted by molar-refractivity contribution is 0.412. The number of methoxy groups -OCH3 is 1. The molecule has 1 aromatic heterocycles. The lowest BCUT2D eigenvalue weighted by atomic mass is 10.1. The zero-order chi connectivity index (χ0) is 13.9. The van der Waals surface area contributed by atoms with E-state index in [1.54, 1.807) is 7.11 Å². The third-order valence-corrected chi connectivity index (χ3v) is 3.79. The highest BCUT2D eigenvalue weighted by molar-refractivity contribution is 5.61. The average Bonchev–Trinajstić information content (AvgIpc) is 3.01. The van der Waals surface area contributed by atoms with Crippen molar-refractivity contribution in [2.24, 2.45) is 0 Å². The van der Waals surface area contributed by atoms with E-state index in [0.29, 0.717) is 5.92 Å². The summed E-state index contributed by atoms with van der Waals surface area (Å²) in [6, 6.07) is 8.11. The molecule has 0 amide bonds. The van der Waals surface area contributed by atoms with Crippen molar-refractivity contribution in [2.75, 3.05) is 20.2 Å². The number of rotatable bonds is 3. The quantitative estimate of drug-likeness (QED) is 0.930. The number of ether oxygens (including phenoxy) is 1. The minimum absolute atomic E-state index is 0.439. The van der Waals surface area contributed by atoms with Gasteiger partial charge in [0.1, 0.15) is 11.6 Å². The van der Waals surface area contributed by atoms with Crippen LogP contribution in [0.25, 0.3) is 11.3 Å². The minimum atomic E-state index is 0.439. The number of aryl methyl sites for hydroxylation is 1. The first-order valence-corrected chi connectivity index (χ1v) is 6.96. The summed E-state index contributed by atoms with van der Waals surface area (Å²) in [5.74, 6) is 2.29. The highest BCUT2D eigenvalue weighted by Gasteiger charge is 2.19. The van der Waals surface area contributed by atoms with E-state index in [1.165, 1.54) is 0 Å². The van der Waals surface area contributed by atoms with E-state index < -0.39 is 0 Å². The van der Waals surface area contributed by atoms with Gasteiger partial charge < -0.3 is 10.1 Å². The van der Waals surface area contributed by atoms with E-state index in [1.807, 2.05) is 31.3 Å². The van der Waals surface area contributed by atoms with Gasteiger partial charge in [0, 0.05) is 24.2 Å². The number of nitrogens with one attached hydrogen (secondary N) is 1. The van der Waals surface area contributed by atoms with Gasteiger partial charge in [0.2, 0.25) is 0 Å². The number of benzene rings is 1. The molecule has 0 radical (unpaired) electrons. The van der Waals surface area contributed by atoms with Crippen LogP contribution >= 0.6 is 0 Å². The van der Waals surface area contributed by atoms with Crippen molar-refractivity contribution < 1.29 is 4.74 Å². The van der Waals surface area contributed by atoms with Gasteiger partial charge in [0.05, 0.1) is 12.8 Å². The summed E-state index contributed by atoms with van der Waals surface area (Å²) >= 11 is 0. The lowest BCUT2D eigenvalue weighted by Gasteiger charge is -2.10. The second-order valence-electron chi connectivity index (χ2n) is 5.17. The largest absolute Gasteiger partial charge is 0.496 e. The molecule has 1 fully saturated rings. The maximum atomic E-state index is 5.30. The maximum absolute atomic E-state index is 5.30. The molecule has 20 heavy (non-hydrogen) atoms. The van der Waals surface area contributed by atoms with Crippen LogP contribution in [0, 0.1) is 6.92 Å². The molecule has 4 nitrogen and oxygen atoms in total. The van der Waals surface area contributed by atoms with E-state index in [9.17, 15) is 0 Å². The Morgan fingerprint density at radius 1 is 1.30 bits per heavy atom. The number of hydrogen-bond donors (Lipinski definition) is 1. The molecule has 1 aliphatic heterocycles. The smallest absolute Gasteiger partial charge is 0.133 e. The van der Waals surface area contributed by atoms with E-state index in [4.69, 9.17) is 9.72 Å². The molecule has 0 bridgehead atoms. The number of aromatic nitrogens is 2. The van der Waals surface area contributed by atoms with Crippen LogP contribution in [0.15, 0.2) is 30.5 Å². The van der Waals surface area contributed by atoms with Crippen LogP contribution in [-0.2, 0) is 0 Å². The Bertz CT molecular complexity index is 606. The molecule has 4 heteroatoms. The topological polar surface area (TPSA) is 47.0 Å². The van der Waals surface area contributed by atoms with Crippen LogP contribution < -0.4 is 10.1 Å². The summed E-state index contributed by atoms with van der Waals surface area (Å²) in [6.07, 6.45) is 2.97. The van der Waals surface area contributed by atoms with E-state index in [2.05, 4.69) is 16.4 Å². The van der Waals surface area contributed by atoms with Crippen LogP contribution in [0.3, 0.4) is 0 Å². The van der Waals surface area contributed by atoms with Gasteiger partial charge in [-0.1, -0.05) is 0 Å². The zero-order valence-corrected chi connectivity index (χ0v) is 11.9. The van der Waals surface area contributed by atoms with Crippen LogP contribution in [-0.4, -0.2) is 30.2 Å². The molecule has 1 saturated heterocycles. The van der Waals surface area contributed by atoms with Gasteiger partial charge in [0.15, 0.2) is 0 Å². The van der Waals surface area contributed by atoms with Crippen LogP contribution in [0.5, 0.6) is 5.75 Å². The summed E-state index contributed by atoms with van der Waals surface area (Å²) in [5, 5.41) is 3.36. The Hall–Kier alpha value is -1.94. The molecule has 1 atom stereocenters. The summed E-state index contributed by atoms with van der Waals surface area (Å²) in [6.45, 7) is 4.08. The van der Waals surface area contributed by atoms with Gasteiger partial charge in [0.25, 0.3) is 0 Å². The van der Waals surface area contributed by atoms with Gasteiger partial charge in [-0.25, -0.2) is 9.97 Å². The SMILES string of the molecule is COc1ccc(-c2ccnc(C3CCNC3)n2)cc1C. The molecule has 1 N–H and O–H groups in total. The third-order valence-electron chi connectivity index (χ3n) is 3.79. The van der Waals surface area contributed by atoms with E-state index >= 15 is 0 Å². The number of nitrogens with zero attached hydrogens (tertiary/aromatic N) is 2. The first kappa shape index (κ1) is 13.1. The first-order chi connectivity index (χ1) is 9.78. The molecule has 1 aromatic carbocycles. The average molecular weight is 269 g/mol. The molecular weight excluding hydrogens is 250 g/mol. The standard InChI is InChI=1S/C16H19N3O/c1-11-9-12(3-4-15(11)20-2)14-6-8-18-16(19-14)13-5-7-17-10-13/h3-4,6,8-9,13,17H,5,7,10H2,1-2H3. The predicted molar refractivity (Wildman–Crippen MR) is 79.0 cm³/mol. The normalized spacial score (nSPS) is 18.2. The van der Waals surface area contributed by atoms with Crippen LogP contribution in [0.1, 0.15) is 23.7 Å². The molecule has 0 aliphatic carbocycles. The van der Waals surface area contributed by atoms with E-state index in [-0.39, 0.29) is 0 Å². The minimum Gasteiger partial charge on any atom is -0.496 e. The molecule has 0 saturated carbocycles. The summed E-state index contributed by atoms with van der Waals surface area (Å²) < 4.78 is 5.30. The van der Waals surface area contributed by atoms with Gasteiger partial charge >= 0.3 is 0 Å². The van der Waals surface area contributed by atoms with Crippen LogP contribution in [0.2, 0.25) is 0 Å². The van der Waals surface area contributed by atoms with Crippen molar-refractivity contribution in [3.05, 3.63) is 41.9 Å². The predicted octanol–water partition coefficient (Wildman–Crippen LogP) is 2.54. The number of hydrogen-bond acceptors (Lipinski definition) is 4. The second kappa shape index (κ2) is 5.59. The van der Waals surface area contributed by atoms with Crippen molar-refractivity contribution >= 4 is 0 Å². The Kier molecular flexibility index (Phi) is 3.65.